The second kappa shape index (κ2) is 6.66. The van der Waals surface area contributed by atoms with E-state index in [2.05, 4.69) is 31.0 Å². The van der Waals surface area contributed by atoms with E-state index in [1.807, 2.05) is 44.2 Å². The van der Waals surface area contributed by atoms with E-state index >= 15 is 0 Å². The Morgan fingerprint density at radius 2 is 2.09 bits per heavy atom. The molecule has 1 aromatic carbocycles. The first-order chi connectivity index (χ1) is 10.6. The van der Waals surface area contributed by atoms with Gasteiger partial charge in [0.25, 0.3) is 5.78 Å². The number of aromatic nitrogens is 4. The van der Waals surface area contributed by atoms with Crippen LogP contribution in [0.3, 0.4) is 0 Å². The summed E-state index contributed by atoms with van der Waals surface area (Å²) in [6, 6.07) is 9.80. The molecule has 0 unspecified atom stereocenters. The van der Waals surface area contributed by atoms with Gasteiger partial charge in [-0.2, -0.15) is 4.98 Å². The number of nitrogens with zero attached hydrogens (tertiary/aromatic N) is 4. The summed E-state index contributed by atoms with van der Waals surface area (Å²) >= 11 is 4.99. The third-order valence-electron chi connectivity index (χ3n) is 2.98. The van der Waals surface area contributed by atoms with Gasteiger partial charge in [-0.25, -0.2) is 9.50 Å². The Morgan fingerprint density at radius 3 is 2.91 bits per heavy atom. The number of hydrogen-bond acceptors (Lipinski definition) is 5. The van der Waals surface area contributed by atoms with E-state index in [1.165, 1.54) is 0 Å². The Balaban J connectivity index is 1.59. The molecule has 3 rings (SSSR count). The zero-order chi connectivity index (χ0) is 15.5. The zero-order valence-corrected chi connectivity index (χ0v) is 14.7. The lowest BCUT2D eigenvalue weighted by Gasteiger charge is -2.04. The minimum absolute atomic E-state index is 0.599. The Hall–Kier alpha value is -1.60. The van der Waals surface area contributed by atoms with E-state index in [9.17, 15) is 0 Å². The van der Waals surface area contributed by atoms with Crippen molar-refractivity contribution in [3.05, 3.63) is 46.2 Å². The summed E-state index contributed by atoms with van der Waals surface area (Å²) < 4.78 is 8.48. The molecule has 0 amide bonds. The number of halogens is 1. The van der Waals surface area contributed by atoms with Crippen molar-refractivity contribution in [3.63, 3.8) is 0 Å². The van der Waals surface area contributed by atoms with Crippen LogP contribution < -0.4 is 4.74 Å². The molecule has 0 spiro atoms. The molecule has 22 heavy (non-hydrogen) atoms. The van der Waals surface area contributed by atoms with Crippen LogP contribution in [0.25, 0.3) is 5.78 Å². The van der Waals surface area contributed by atoms with E-state index in [0.29, 0.717) is 12.4 Å². The van der Waals surface area contributed by atoms with Crippen LogP contribution in [0.4, 0.5) is 0 Å². The standard InChI is InChI=1S/C15H15BrN4OS/c1-10-8-11(2)20-14(17-10)18-15(19-20)22-7-6-21-13-5-3-4-12(16)9-13/h3-5,8-9H,6-7H2,1-2H3. The number of hydrogen-bond donors (Lipinski definition) is 0. The van der Waals surface area contributed by atoms with Crippen molar-refractivity contribution in [3.8, 4) is 5.75 Å². The van der Waals surface area contributed by atoms with Gasteiger partial charge in [-0.05, 0) is 38.1 Å². The van der Waals surface area contributed by atoms with Crippen LogP contribution in [0.15, 0.2) is 40.0 Å². The molecular formula is C15H15BrN4OS. The molecule has 5 nitrogen and oxygen atoms in total. The average molecular weight is 379 g/mol. The zero-order valence-electron chi connectivity index (χ0n) is 12.3. The number of benzene rings is 1. The maximum Gasteiger partial charge on any atom is 0.253 e. The second-order valence-electron chi connectivity index (χ2n) is 4.80. The van der Waals surface area contributed by atoms with Crippen molar-refractivity contribution in [2.24, 2.45) is 0 Å². The van der Waals surface area contributed by atoms with Crippen LogP contribution in [-0.4, -0.2) is 31.9 Å². The SMILES string of the molecule is Cc1cc(C)n2nc(SCCOc3cccc(Br)c3)nc2n1. The first-order valence-corrected chi connectivity index (χ1v) is 8.62. The van der Waals surface area contributed by atoms with Gasteiger partial charge in [0.1, 0.15) is 5.75 Å². The summed E-state index contributed by atoms with van der Waals surface area (Å²) in [6.45, 7) is 4.56. The third kappa shape index (κ3) is 3.59. The van der Waals surface area contributed by atoms with Gasteiger partial charge in [-0.3, -0.25) is 0 Å². The van der Waals surface area contributed by atoms with Crippen molar-refractivity contribution in [1.82, 2.24) is 19.6 Å². The molecule has 0 bridgehead atoms. The molecule has 0 aliphatic carbocycles. The fourth-order valence-corrected chi connectivity index (χ4v) is 3.07. The van der Waals surface area contributed by atoms with Gasteiger partial charge in [0.05, 0.1) is 6.61 Å². The summed E-state index contributed by atoms with van der Waals surface area (Å²) in [5.74, 6) is 2.28. The average Bonchev–Trinajstić information content (AvgIpc) is 2.87. The molecule has 0 saturated carbocycles. The fourth-order valence-electron chi connectivity index (χ4n) is 2.06. The first-order valence-electron chi connectivity index (χ1n) is 6.84. The van der Waals surface area contributed by atoms with Gasteiger partial charge in [-0.15, -0.1) is 5.10 Å². The highest BCUT2D eigenvalue weighted by molar-refractivity contribution is 9.10. The quantitative estimate of drug-likeness (QED) is 0.500. The highest BCUT2D eigenvalue weighted by Crippen LogP contribution is 2.19. The smallest absolute Gasteiger partial charge is 0.253 e. The molecule has 0 aliphatic rings. The van der Waals surface area contributed by atoms with Gasteiger partial charge in [-0.1, -0.05) is 33.8 Å². The molecule has 0 radical (unpaired) electrons. The van der Waals surface area contributed by atoms with Gasteiger partial charge in [0.15, 0.2) is 0 Å². The predicted octanol–water partition coefficient (Wildman–Crippen LogP) is 3.67. The molecule has 7 heteroatoms. The van der Waals surface area contributed by atoms with Gasteiger partial charge >= 0.3 is 0 Å². The highest BCUT2D eigenvalue weighted by atomic mass is 79.9. The summed E-state index contributed by atoms with van der Waals surface area (Å²) in [5.41, 5.74) is 1.99. The maximum absolute atomic E-state index is 5.70. The molecular weight excluding hydrogens is 364 g/mol. The molecule has 0 atom stereocenters. The number of fused-ring (bicyclic) bond motifs is 1. The molecule has 0 fully saturated rings. The largest absolute Gasteiger partial charge is 0.493 e. The third-order valence-corrected chi connectivity index (χ3v) is 4.27. The maximum atomic E-state index is 5.70. The Kier molecular flexibility index (Phi) is 4.63. The van der Waals surface area contributed by atoms with Crippen LogP contribution >= 0.6 is 27.7 Å². The van der Waals surface area contributed by atoms with Crippen LogP contribution in [0, 0.1) is 13.8 Å². The highest BCUT2D eigenvalue weighted by Gasteiger charge is 2.08. The molecule has 2 heterocycles. The normalized spacial score (nSPS) is 11.0. The number of rotatable bonds is 5. The van der Waals surface area contributed by atoms with E-state index in [1.54, 1.807) is 16.3 Å². The Labute approximate surface area is 141 Å². The minimum atomic E-state index is 0.599. The molecule has 2 aromatic heterocycles. The van der Waals surface area contributed by atoms with Crippen molar-refractivity contribution in [2.45, 2.75) is 19.0 Å². The van der Waals surface area contributed by atoms with Crippen LogP contribution in [0.1, 0.15) is 11.4 Å². The van der Waals surface area contributed by atoms with E-state index in [4.69, 9.17) is 4.74 Å². The van der Waals surface area contributed by atoms with Crippen molar-refractivity contribution in [1.29, 1.82) is 0 Å². The number of thioether (sulfide) groups is 1. The monoisotopic (exact) mass is 378 g/mol. The lowest BCUT2D eigenvalue weighted by Crippen LogP contribution is -2.00. The summed E-state index contributed by atoms with van der Waals surface area (Å²) in [7, 11) is 0. The number of ether oxygens (including phenoxy) is 1. The van der Waals surface area contributed by atoms with E-state index < -0.39 is 0 Å². The molecule has 3 aromatic rings. The minimum Gasteiger partial charge on any atom is -0.493 e. The van der Waals surface area contributed by atoms with Gasteiger partial charge < -0.3 is 4.74 Å². The van der Waals surface area contributed by atoms with E-state index in [-0.39, 0.29) is 0 Å². The summed E-state index contributed by atoms with van der Waals surface area (Å²) in [5, 5.41) is 5.18. The second-order valence-corrected chi connectivity index (χ2v) is 6.78. The van der Waals surface area contributed by atoms with Crippen LogP contribution in [0.2, 0.25) is 0 Å². The van der Waals surface area contributed by atoms with Crippen molar-refractivity contribution in [2.75, 3.05) is 12.4 Å². The predicted molar refractivity (Wildman–Crippen MR) is 90.6 cm³/mol. The van der Waals surface area contributed by atoms with E-state index in [0.717, 1.165) is 32.5 Å². The molecule has 0 saturated heterocycles. The van der Waals surface area contributed by atoms with Gasteiger partial charge in [0, 0.05) is 21.6 Å². The fraction of sp³-hybridized carbons (Fsp3) is 0.267. The molecule has 0 N–H and O–H groups in total. The lowest BCUT2D eigenvalue weighted by atomic mass is 10.3. The lowest BCUT2D eigenvalue weighted by molar-refractivity contribution is 0.343. The molecule has 114 valence electrons. The Bertz CT molecular complexity index is 805. The summed E-state index contributed by atoms with van der Waals surface area (Å²) in [6.07, 6.45) is 0. The first kappa shape index (κ1) is 15.3. The van der Waals surface area contributed by atoms with Crippen LogP contribution in [0.5, 0.6) is 5.75 Å². The Morgan fingerprint density at radius 1 is 1.23 bits per heavy atom. The van der Waals surface area contributed by atoms with Crippen LogP contribution in [-0.2, 0) is 0 Å². The molecule has 0 aliphatic heterocycles. The van der Waals surface area contributed by atoms with Gasteiger partial charge in [0.2, 0.25) is 5.16 Å². The topological polar surface area (TPSA) is 52.3 Å². The van der Waals surface area contributed by atoms with Crippen molar-refractivity contribution < 1.29 is 4.74 Å². The van der Waals surface area contributed by atoms with Crippen molar-refractivity contribution >= 4 is 33.5 Å². The number of aryl methyl sites for hydroxylation is 2. The summed E-state index contributed by atoms with van der Waals surface area (Å²) in [4.78, 5) is 8.82.